The van der Waals surface area contributed by atoms with Crippen molar-refractivity contribution in [2.75, 3.05) is 6.54 Å². The molecule has 0 bridgehead atoms. The zero-order valence-corrected chi connectivity index (χ0v) is 14.3. The maximum absolute atomic E-state index is 12.6. The first-order valence-corrected chi connectivity index (χ1v) is 7.86. The van der Waals surface area contributed by atoms with E-state index in [9.17, 15) is 4.79 Å². The third-order valence-electron chi connectivity index (χ3n) is 3.15. The second-order valence-electron chi connectivity index (χ2n) is 4.69. The number of amides is 1. The van der Waals surface area contributed by atoms with Gasteiger partial charge in [0.15, 0.2) is 0 Å². The highest BCUT2D eigenvalue weighted by atomic mass is 79.9. The minimum absolute atomic E-state index is 0.0906. The quantitative estimate of drug-likeness (QED) is 0.799. The summed E-state index contributed by atoms with van der Waals surface area (Å²) in [5, 5.41) is 0.443. The van der Waals surface area contributed by atoms with Crippen molar-refractivity contribution in [3.8, 4) is 0 Å². The first kappa shape index (κ1) is 16.0. The Bertz CT molecular complexity index is 660. The molecule has 0 radical (unpaired) electrons. The van der Waals surface area contributed by atoms with Crippen molar-refractivity contribution in [2.45, 2.75) is 20.4 Å². The van der Waals surface area contributed by atoms with E-state index in [1.165, 1.54) is 0 Å². The van der Waals surface area contributed by atoms with Gasteiger partial charge < -0.3 is 4.90 Å². The van der Waals surface area contributed by atoms with Gasteiger partial charge in [-0.15, -0.1) is 0 Å². The lowest BCUT2D eigenvalue weighted by Gasteiger charge is -2.21. The van der Waals surface area contributed by atoms with E-state index in [0.717, 1.165) is 15.9 Å². The van der Waals surface area contributed by atoms with Gasteiger partial charge in [0, 0.05) is 16.7 Å². The molecule has 2 rings (SSSR count). The molecule has 0 aliphatic rings. The van der Waals surface area contributed by atoms with Crippen molar-refractivity contribution in [1.82, 2.24) is 9.88 Å². The Balaban J connectivity index is 2.25. The molecule has 0 spiro atoms. The standard InChI is InChI=1S/C16H16BrClN2O/c1-3-20(10-12-7-4-6-11(2)19-12)16(21)13-8-5-9-14(17)15(13)18/h4-9H,3,10H2,1-2H3. The Morgan fingerprint density at radius 1 is 1.29 bits per heavy atom. The number of rotatable bonds is 4. The van der Waals surface area contributed by atoms with Crippen LogP contribution in [-0.2, 0) is 6.54 Å². The summed E-state index contributed by atoms with van der Waals surface area (Å²) in [6.45, 7) is 4.95. The van der Waals surface area contributed by atoms with Crippen LogP contribution in [0.15, 0.2) is 40.9 Å². The van der Waals surface area contributed by atoms with Gasteiger partial charge in [0.1, 0.15) is 0 Å². The predicted molar refractivity (Wildman–Crippen MR) is 88.5 cm³/mol. The minimum atomic E-state index is -0.0906. The van der Waals surface area contributed by atoms with Gasteiger partial charge in [0.2, 0.25) is 0 Å². The van der Waals surface area contributed by atoms with E-state index in [2.05, 4.69) is 20.9 Å². The number of halogens is 2. The maximum Gasteiger partial charge on any atom is 0.255 e. The van der Waals surface area contributed by atoms with Crippen LogP contribution in [0.5, 0.6) is 0 Å². The summed E-state index contributed by atoms with van der Waals surface area (Å²) in [4.78, 5) is 18.8. The van der Waals surface area contributed by atoms with Crippen LogP contribution in [0.4, 0.5) is 0 Å². The van der Waals surface area contributed by atoms with Gasteiger partial charge >= 0.3 is 0 Å². The van der Waals surface area contributed by atoms with Crippen LogP contribution in [0.1, 0.15) is 28.7 Å². The Morgan fingerprint density at radius 2 is 2.00 bits per heavy atom. The summed E-state index contributed by atoms with van der Waals surface area (Å²) < 4.78 is 0.722. The van der Waals surface area contributed by atoms with Gasteiger partial charge in [-0.1, -0.05) is 23.7 Å². The zero-order chi connectivity index (χ0) is 15.4. The number of aromatic nitrogens is 1. The summed E-state index contributed by atoms with van der Waals surface area (Å²) in [6, 6.07) is 11.2. The molecular formula is C16H16BrClN2O. The molecule has 1 heterocycles. The molecule has 0 saturated heterocycles. The summed E-state index contributed by atoms with van der Waals surface area (Å²) in [5.74, 6) is -0.0906. The third-order valence-corrected chi connectivity index (χ3v) is 4.45. The second kappa shape index (κ2) is 7.05. The van der Waals surface area contributed by atoms with Gasteiger partial charge in [-0.25, -0.2) is 0 Å². The molecule has 3 nitrogen and oxygen atoms in total. The molecule has 0 aliphatic heterocycles. The van der Waals surface area contributed by atoms with Crippen molar-refractivity contribution in [1.29, 1.82) is 0 Å². The Morgan fingerprint density at radius 3 is 2.67 bits per heavy atom. The Kier molecular flexibility index (Phi) is 5.37. The van der Waals surface area contributed by atoms with E-state index in [0.29, 0.717) is 23.7 Å². The Labute approximate surface area is 138 Å². The van der Waals surface area contributed by atoms with E-state index in [1.807, 2.05) is 44.2 Å². The molecule has 0 saturated carbocycles. The fraction of sp³-hybridized carbons (Fsp3) is 0.250. The SMILES string of the molecule is CCN(Cc1cccc(C)n1)C(=O)c1cccc(Br)c1Cl. The molecule has 1 aromatic carbocycles. The molecule has 0 aliphatic carbocycles. The highest BCUT2D eigenvalue weighted by molar-refractivity contribution is 9.10. The second-order valence-corrected chi connectivity index (χ2v) is 5.92. The number of pyridine rings is 1. The fourth-order valence-corrected chi connectivity index (χ4v) is 2.62. The van der Waals surface area contributed by atoms with Gasteiger partial charge in [-0.05, 0) is 54.0 Å². The third kappa shape index (κ3) is 3.83. The van der Waals surface area contributed by atoms with E-state index in [4.69, 9.17) is 11.6 Å². The average Bonchev–Trinajstić information content (AvgIpc) is 2.47. The normalized spacial score (nSPS) is 10.5. The predicted octanol–water partition coefficient (Wildman–Crippen LogP) is 4.47. The van der Waals surface area contributed by atoms with E-state index < -0.39 is 0 Å². The first-order valence-electron chi connectivity index (χ1n) is 6.68. The van der Waals surface area contributed by atoms with Crippen molar-refractivity contribution >= 4 is 33.4 Å². The molecule has 5 heteroatoms. The molecule has 1 aromatic heterocycles. The van der Waals surface area contributed by atoms with Crippen LogP contribution in [0, 0.1) is 6.92 Å². The van der Waals surface area contributed by atoms with Crippen LogP contribution in [0.3, 0.4) is 0 Å². The molecule has 0 fully saturated rings. The van der Waals surface area contributed by atoms with Crippen LogP contribution in [-0.4, -0.2) is 22.3 Å². The van der Waals surface area contributed by atoms with Crippen molar-refractivity contribution in [2.24, 2.45) is 0 Å². The summed E-state index contributed by atoms with van der Waals surface area (Å²) >= 11 is 9.55. The molecule has 1 amide bonds. The molecule has 2 aromatic rings. The van der Waals surface area contributed by atoms with Crippen LogP contribution in [0.2, 0.25) is 5.02 Å². The van der Waals surface area contributed by atoms with E-state index in [1.54, 1.807) is 11.0 Å². The van der Waals surface area contributed by atoms with Crippen LogP contribution in [0.25, 0.3) is 0 Å². The van der Waals surface area contributed by atoms with Crippen molar-refractivity contribution < 1.29 is 4.79 Å². The van der Waals surface area contributed by atoms with Gasteiger partial charge in [0.05, 0.1) is 22.8 Å². The lowest BCUT2D eigenvalue weighted by atomic mass is 10.2. The summed E-state index contributed by atoms with van der Waals surface area (Å²) in [7, 11) is 0. The molecule has 0 N–H and O–H groups in total. The number of hydrogen-bond donors (Lipinski definition) is 0. The van der Waals surface area contributed by atoms with E-state index in [-0.39, 0.29) is 5.91 Å². The summed E-state index contributed by atoms with van der Waals surface area (Å²) in [6.07, 6.45) is 0. The number of benzene rings is 1. The fourth-order valence-electron chi connectivity index (χ4n) is 2.05. The number of aryl methyl sites for hydroxylation is 1. The van der Waals surface area contributed by atoms with Crippen molar-refractivity contribution in [3.05, 3.63) is 62.8 Å². The maximum atomic E-state index is 12.6. The molecule has 0 atom stereocenters. The number of carbonyl (C=O) groups is 1. The minimum Gasteiger partial charge on any atom is -0.333 e. The van der Waals surface area contributed by atoms with Crippen LogP contribution < -0.4 is 0 Å². The highest BCUT2D eigenvalue weighted by Gasteiger charge is 2.19. The van der Waals surface area contributed by atoms with Crippen molar-refractivity contribution in [3.63, 3.8) is 0 Å². The monoisotopic (exact) mass is 366 g/mol. The lowest BCUT2D eigenvalue weighted by Crippen LogP contribution is -2.31. The number of nitrogens with zero attached hydrogens (tertiary/aromatic N) is 2. The summed E-state index contributed by atoms with van der Waals surface area (Å²) in [5.41, 5.74) is 2.31. The van der Waals surface area contributed by atoms with Gasteiger partial charge in [-0.3, -0.25) is 9.78 Å². The van der Waals surface area contributed by atoms with E-state index >= 15 is 0 Å². The molecular weight excluding hydrogens is 352 g/mol. The molecule has 0 unspecified atom stereocenters. The Hall–Kier alpha value is -1.39. The van der Waals surface area contributed by atoms with Gasteiger partial charge in [0.25, 0.3) is 5.91 Å². The zero-order valence-electron chi connectivity index (χ0n) is 11.9. The number of hydrogen-bond acceptors (Lipinski definition) is 2. The van der Waals surface area contributed by atoms with Gasteiger partial charge in [-0.2, -0.15) is 0 Å². The topological polar surface area (TPSA) is 33.2 Å². The lowest BCUT2D eigenvalue weighted by molar-refractivity contribution is 0.0750. The molecule has 110 valence electrons. The smallest absolute Gasteiger partial charge is 0.255 e. The molecule has 21 heavy (non-hydrogen) atoms. The largest absolute Gasteiger partial charge is 0.333 e. The highest BCUT2D eigenvalue weighted by Crippen LogP contribution is 2.27. The number of carbonyl (C=O) groups excluding carboxylic acids is 1. The average molecular weight is 368 g/mol. The first-order chi connectivity index (χ1) is 10.0. The van der Waals surface area contributed by atoms with Crippen LogP contribution >= 0.6 is 27.5 Å².